The SMILES string of the molecule is O=C(C1CCCCC1)N1CCN(C(=O)C2CCCNC2)CC1. The quantitative estimate of drug-likeness (QED) is 0.835. The summed E-state index contributed by atoms with van der Waals surface area (Å²) in [6, 6.07) is 0. The molecular weight excluding hydrogens is 278 g/mol. The largest absolute Gasteiger partial charge is 0.339 e. The first-order chi connectivity index (χ1) is 10.8. The van der Waals surface area contributed by atoms with Gasteiger partial charge in [-0.05, 0) is 32.2 Å². The Morgan fingerprint density at radius 2 is 1.27 bits per heavy atom. The van der Waals surface area contributed by atoms with E-state index in [4.69, 9.17) is 0 Å². The third kappa shape index (κ3) is 3.62. The Labute approximate surface area is 133 Å². The minimum Gasteiger partial charge on any atom is -0.339 e. The van der Waals surface area contributed by atoms with Crippen LogP contribution in [0, 0.1) is 11.8 Å². The highest BCUT2D eigenvalue weighted by Gasteiger charge is 2.32. The molecule has 2 amide bonds. The Hall–Kier alpha value is -1.10. The van der Waals surface area contributed by atoms with Crippen molar-refractivity contribution < 1.29 is 9.59 Å². The minimum absolute atomic E-state index is 0.148. The van der Waals surface area contributed by atoms with E-state index < -0.39 is 0 Å². The first-order valence-corrected chi connectivity index (χ1v) is 9.04. The zero-order valence-electron chi connectivity index (χ0n) is 13.6. The number of hydrogen-bond donors (Lipinski definition) is 1. The van der Waals surface area contributed by atoms with Crippen molar-refractivity contribution in [2.24, 2.45) is 11.8 Å². The van der Waals surface area contributed by atoms with Gasteiger partial charge in [0.05, 0.1) is 5.92 Å². The van der Waals surface area contributed by atoms with Crippen molar-refractivity contribution in [2.45, 2.75) is 44.9 Å². The Morgan fingerprint density at radius 1 is 0.727 bits per heavy atom. The van der Waals surface area contributed by atoms with E-state index in [9.17, 15) is 9.59 Å². The van der Waals surface area contributed by atoms with Crippen molar-refractivity contribution in [3.63, 3.8) is 0 Å². The van der Waals surface area contributed by atoms with Gasteiger partial charge in [0, 0.05) is 38.6 Å². The molecule has 1 saturated carbocycles. The molecule has 0 spiro atoms. The van der Waals surface area contributed by atoms with Crippen molar-refractivity contribution >= 4 is 11.8 Å². The number of nitrogens with zero attached hydrogens (tertiary/aromatic N) is 2. The van der Waals surface area contributed by atoms with E-state index >= 15 is 0 Å². The lowest BCUT2D eigenvalue weighted by atomic mass is 9.88. The van der Waals surface area contributed by atoms with Crippen molar-refractivity contribution in [1.82, 2.24) is 15.1 Å². The lowest BCUT2D eigenvalue weighted by Gasteiger charge is -2.38. The van der Waals surface area contributed by atoms with Crippen LogP contribution >= 0.6 is 0 Å². The lowest BCUT2D eigenvalue weighted by Crippen LogP contribution is -2.54. The predicted molar refractivity (Wildman–Crippen MR) is 85.3 cm³/mol. The zero-order chi connectivity index (χ0) is 15.4. The first kappa shape index (κ1) is 15.8. The van der Waals surface area contributed by atoms with Gasteiger partial charge in [-0.2, -0.15) is 0 Å². The summed E-state index contributed by atoms with van der Waals surface area (Å²) in [5.74, 6) is 1.02. The van der Waals surface area contributed by atoms with Gasteiger partial charge in [-0.1, -0.05) is 19.3 Å². The summed E-state index contributed by atoms with van der Waals surface area (Å²) in [6.07, 6.45) is 7.90. The maximum absolute atomic E-state index is 12.5. The van der Waals surface area contributed by atoms with Crippen LogP contribution in [0.15, 0.2) is 0 Å². The van der Waals surface area contributed by atoms with Gasteiger partial charge in [0.25, 0.3) is 0 Å². The molecule has 3 aliphatic rings. The molecule has 124 valence electrons. The molecule has 2 aliphatic heterocycles. The number of piperazine rings is 1. The fraction of sp³-hybridized carbons (Fsp3) is 0.882. The van der Waals surface area contributed by atoms with Crippen LogP contribution in [0.1, 0.15) is 44.9 Å². The van der Waals surface area contributed by atoms with Crippen LogP contribution in [0.3, 0.4) is 0 Å². The molecule has 0 aromatic carbocycles. The van der Waals surface area contributed by atoms with Crippen LogP contribution in [0.4, 0.5) is 0 Å². The maximum atomic E-state index is 12.5. The van der Waals surface area contributed by atoms with Gasteiger partial charge < -0.3 is 15.1 Å². The van der Waals surface area contributed by atoms with Gasteiger partial charge in [-0.15, -0.1) is 0 Å². The topological polar surface area (TPSA) is 52.7 Å². The molecule has 22 heavy (non-hydrogen) atoms. The Balaban J connectivity index is 1.47. The molecule has 3 rings (SSSR count). The smallest absolute Gasteiger partial charge is 0.227 e. The summed E-state index contributed by atoms with van der Waals surface area (Å²) >= 11 is 0. The summed E-state index contributed by atoms with van der Waals surface area (Å²) < 4.78 is 0. The second-order valence-corrected chi connectivity index (χ2v) is 7.03. The van der Waals surface area contributed by atoms with Crippen LogP contribution in [-0.4, -0.2) is 60.9 Å². The van der Waals surface area contributed by atoms with Crippen LogP contribution in [0.5, 0.6) is 0 Å². The van der Waals surface area contributed by atoms with Crippen LogP contribution in [0.25, 0.3) is 0 Å². The second-order valence-electron chi connectivity index (χ2n) is 7.03. The molecule has 0 aromatic heterocycles. The van der Waals surface area contributed by atoms with Gasteiger partial charge in [-0.25, -0.2) is 0 Å². The van der Waals surface area contributed by atoms with Crippen molar-refractivity contribution in [3.8, 4) is 0 Å². The van der Waals surface area contributed by atoms with Crippen molar-refractivity contribution in [2.75, 3.05) is 39.3 Å². The molecule has 0 aromatic rings. The van der Waals surface area contributed by atoms with Gasteiger partial charge >= 0.3 is 0 Å². The van der Waals surface area contributed by atoms with E-state index in [-0.39, 0.29) is 17.7 Å². The van der Waals surface area contributed by atoms with Gasteiger partial charge in [-0.3, -0.25) is 9.59 Å². The Bertz CT molecular complexity index is 355. The standard InChI is InChI=1S/C17H29N3O2/c21-16(14-5-2-1-3-6-14)19-9-11-20(12-10-19)17(22)15-7-4-8-18-13-15/h14-15,18H,1-13H2. The van der Waals surface area contributed by atoms with Gasteiger partial charge in [0.2, 0.25) is 11.8 Å². The van der Waals surface area contributed by atoms with Crippen LogP contribution in [0.2, 0.25) is 0 Å². The van der Waals surface area contributed by atoms with Crippen LogP contribution in [-0.2, 0) is 9.59 Å². The molecule has 1 N–H and O–H groups in total. The summed E-state index contributed by atoms with van der Waals surface area (Å²) in [7, 11) is 0. The second kappa shape index (κ2) is 7.44. The molecule has 0 bridgehead atoms. The summed E-state index contributed by atoms with van der Waals surface area (Å²) in [6.45, 7) is 4.73. The maximum Gasteiger partial charge on any atom is 0.227 e. The van der Waals surface area contributed by atoms with E-state index in [0.717, 1.165) is 51.9 Å². The molecule has 2 heterocycles. The van der Waals surface area contributed by atoms with Crippen molar-refractivity contribution in [3.05, 3.63) is 0 Å². The summed E-state index contributed by atoms with van der Waals surface area (Å²) in [5.41, 5.74) is 0. The fourth-order valence-corrected chi connectivity index (χ4v) is 4.08. The van der Waals surface area contributed by atoms with Gasteiger partial charge in [0.15, 0.2) is 0 Å². The molecule has 3 fully saturated rings. The van der Waals surface area contributed by atoms with E-state index in [1.54, 1.807) is 0 Å². The molecule has 1 aliphatic carbocycles. The molecule has 1 atom stereocenters. The fourth-order valence-electron chi connectivity index (χ4n) is 4.08. The number of carbonyl (C=O) groups is 2. The average molecular weight is 307 g/mol. The highest BCUT2D eigenvalue weighted by molar-refractivity contribution is 5.81. The van der Waals surface area contributed by atoms with E-state index in [1.807, 2.05) is 9.80 Å². The monoisotopic (exact) mass is 307 g/mol. The molecule has 5 heteroatoms. The van der Waals surface area contributed by atoms with Gasteiger partial charge in [0.1, 0.15) is 0 Å². The predicted octanol–water partition coefficient (Wildman–Crippen LogP) is 1.24. The number of piperidine rings is 1. The highest BCUT2D eigenvalue weighted by atomic mass is 16.2. The summed E-state index contributed by atoms with van der Waals surface area (Å²) in [5, 5.41) is 3.31. The average Bonchev–Trinajstić information content (AvgIpc) is 2.62. The van der Waals surface area contributed by atoms with Crippen molar-refractivity contribution in [1.29, 1.82) is 0 Å². The first-order valence-electron chi connectivity index (χ1n) is 9.04. The Kier molecular flexibility index (Phi) is 5.34. The molecule has 0 radical (unpaired) electrons. The third-order valence-electron chi connectivity index (χ3n) is 5.50. The molecular formula is C17H29N3O2. The number of hydrogen-bond acceptors (Lipinski definition) is 3. The van der Waals surface area contributed by atoms with E-state index in [0.29, 0.717) is 19.0 Å². The number of carbonyl (C=O) groups excluding carboxylic acids is 2. The van der Waals surface area contributed by atoms with Crippen LogP contribution < -0.4 is 5.32 Å². The van der Waals surface area contributed by atoms with E-state index in [1.165, 1.54) is 19.3 Å². The molecule has 1 unspecified atom stereocenters. The minimum atomic E-state index is 0.148. The number of nitrogens with one attached hydrogen (secondary N) is 1. The number of rotatable bonds is 2. The Morgan fingerprint density at radius 3 is 1.82 bits per heavy atom. The molecule has 2 saturated heterocycles. The zero-order valence-corrected chi connectivity index (χ0v) is 13.6. The lowest BCUT2D eigenvalue weighted by molar-refractivity contribution is -0.145. The third-order valence-corrected chi connectivity index (χ3v) is 5.50. The van der Waals surface area contributed by atoms with E-state index in [2.05, 4.69) is 5.32 Å². The molecule has 5 nitrogen and oxygen atoms in total. The number of amides is 2. The summed E-state index contributed by atoms with van der Waals surface area (Å²) in [4.78, 5) is 29.0. The highest BCUT2D eigenvalue weighted by Crippen LogP contribution is 2.26. The normalized spacial score (nSPS) is 27.7.